The molecule has 4 aliphatic carbocycles. The molecule has 0 amide bonds. The summed E-state index contributed by atoms with van der Waals surface area (Å²) < 4.78 is 0. The lowest BCUT2D eigenvalue weighted by molar-refractivity contribution is 0.0311. The van der Waals surface area contributed by atoms with Crippen molar-refractivity contribution in [3.63, 3.8) is 0 Å². The maximum absolute atomic E-state index is 10.2. The molecule has 1 nitrogen and oxygen atoms in total. The number of allylic oxidation sites excluding steroid dienone is 3. The third-order valence-corrected chi connectivity index (χ3v) is 9.15. The second-order valence-electron chi connectivity index (χ2n) is 11.1. The second kappa shape index (κ2) is 6.50. The van der Waals surface area contributed by atoms with E-state index in [1.807, 2.05) is 0 Å². The lowest BCUT2D eigenvalue weighted by Gasteiger charge is -2.55. The minimum Gasteiger partial charge on any atom is -0.393 e. The molecule has 4 rings (SSSR count). The number of aliphatic hydroxyl groups is 1. The normalized spacial score (nSPS) is 46.1. The van der Waals surface area contributed by atoms with E-state index in [0.717, 1.165) is 42.4 Å². The van der Waals surface area contributed by atoms with Gasteiger partial charge in [-0.15, -0.1) is 0 Å². The van der Waals surface area contributed by atoms with Crippen molar-refractivity contribution < 1.29 is 5.11 Å². The van der Waals surface area contributed by atoms with Crippen LogP contribution in [0.1, 0.15) is 86.0 Å². The van der Waals surface area contributed by atoms with Crippen molar-refractivity contribution in [1.29, 1.82) is 0 Å². The third-order valence-electron chi connectivity index (χ3n) is 9.15. The first-order valence-electron chi connectivity index (χ1n) is 11.3. The molecule has 0 aromatic carbocycles. The predicted molar refractivity (Wildman–Crippen MR) is 110 cm³/mol. The molecule has 3 fully saturated rings. The molecule has 0 radical (unpaired) electrons. The van der Waals surface area contributed by atoms with Gasteiger partial charge in [0.1, 0.15) is 0 Å². The molecule has 0 aromatic rings. The lowest BCUT2D eigenvalue weighted by Crippen LogP contribution is -2.46. The smallest absolute Gasteiger partial charge is 0.0578 e. The van der Waals surface area contributed by atoms with Gasteiger partial charge in [-0.2, -0.15) is 0 Å². The third kappa shape index (κ3) is 2.76. The Kier molecular flexibility index (Phi) is 4.70. The van der Waals surface area contributed by atoms with E-state index in [0.29, 0.717) is 10.8 Å². The first-order chi connectivity index (χ1) is 12.3. The topological polar surface area (TPSA) is 20.2 Å². The standard InChI is InChI=1S/C25H40O/c1-16(2)14-17(3)21-8-9-22-20-7-6-18-15-19(26)10-12-24(18,4)23(20)11-13-25(21,22)5/h6-7,16-17,19,21-23,26H,8-15H2,1-5H3/t17-,19+,21-,22+,23+,24+,25-/m1/s1. The van der Waals surface area contributed by atoms with E-state index >= 15 is 0 Å². The summed E-state index contributed by atoms with van der Waals surface area (Å²) in [5.74, 6) is 4.13. The first kappa shape index (κ1) is 18.8. The van der Waals surface area contributed by atoms with Crippen LogP contribution < -0.4 is 0 Å². The highest BCUT2D eigenvalue weighted by Crippen LogP contribution is 2.66. The predicted octanol–water partition coefficient (Wildman–Crippen LogP) is 6.53. The van der Waals surface area contributed by atoms with Gasteiger partial charge < -0.3 is 5.11 Å². The minimum atomic E-state index is -0.106. The van der Waals surface area contributed by atoms with Crippen molar-refractivity contribution in [2.75, 3.05) is 0 Å². The summed E-state index contributed by atoms with van der Waals surface area (Å²) in [4.78, 5) is 0. The Labute approximate surface area is 161 Å². The molecular formula is C25H40O. The Bertz CT molecular complexity index is 614. The molecule has 1 heteroatoms. The molecule has 0 aromatic heterocycles. The van der Waals surface area contributed by atoms with Crippen LogP contribution in [-0.2, 0) is 0 Å². The van der Waals surface area contributed by atoms with Gasteiger partial charge in [-0.1, -0.05) is 57.9 Å². The van der Waals surface area contributed by atoms with Crippen LogP contribution in [0.15, 0.2) is 23.3 Å². The highest BCUT2D eigenvalue weighted by atomic mass is 16.3. The summed E-state index contributed by atoms with van der Waals surface area (Å²) in [6.45, 7) is 12.4. The van der Waals surface area contributed by atoms with E-state index in [1.54, 1.807) is 5.57 Å². The number of aliphatic hydroxyl groups excluding tert-OH is 1. The second-order valence-corrected chi connectivity index (χ2v) is 11.1. The molecule has 0 bridgehead atoms. The Morgan fingerprint density at radius 1 is 1.00 bits per heavy atom. The van der Waals surface area contributed by atoms with Gasteiger partial charge in [0.25, 0.3) is 0 Å². The number of hydrogen-bond donors (Lipinski definition) is 1. The monoisotopic (exact) mass is 356 g/mol. The number of rotatable bonds is 3. The van der Waals surface area contributed by atoms with Crippen molar-refractivity contribution in [3.8, 4) is 0 Å². The molecule has 1 N–H and O–H groups in total. The van der Waals surface area contributed by atoms with Crippen LogP contribution in [0.2, 0.25) is 0 Å². The maximum atomic E-state index is 10.2. The van der Waals surface area contributed by atoms with Crippen LogP contribution in [0.4, 0.5) is 0 Å². The Hall–Kier alpha value is -0.560. The van der Waals surface area contributed by atoms with Gasteiger partial charge in [0.05, 0.1) is 6.10 Å². The van der Waals surface area contributed by atoms with Gasteiger partial charge in [-0.3, -0.25) is 0 Å². The van der Waals surface area contributed by atoms with E-state index in [9.17, 15) is 5.11 Å². The van der Waals surface area contributed by atoms with Crippen LogP contribution in [0.3, 0.4) is 0 Å². The maximum Gasteiger partial charge on any atom is 0.0578 e. The molecule has 0 aliphatic heterocycles. The molecule has 4 aliphatic rings. The summed E-state index contributed by atoms with van der Waals surface area (Å²) in [7, 11) is 0. The fraction of sp³-hybridized carbons (Fsp3) is 0.840. The Balaban J connectivity index is 1.62. The van der Waals surface area contributed by atoms with Crippen molar-refractivity contribution in [2.24, 2.45) is 40.4 Å². The summed E-state index contributed by atoms with van der Waals surface area (Å²) in [6, 6.07) is 0. The van der Waals surface area contributed by atoms with E-state index < -0.39 is 0 Å². The van der Waals surface area contributed by atoms with Gasteiger partial charge in [-0.05, 0) is 91.8 Å². The van der Waals surface area contributed by atoms with Crippen molar-refractivity contribution >= 4 is 0 Å². The SMILES string of the molecule is CC(C)C[C@@H](C)[C@H]1CC[C@H]2C3=CC=C4C[C@@H](O)CC[C@]4(C)[C@H]3CC[C@]12C. The van der Waals surface area contributed by atoms with E-state index in [1.165, 1.54) is 44.1 Å². The molecule has 7 atom stereocenters. The van der Waals surface area contributed by atoms with Crippen LogP contribution in [-0.4, -0.2) is 11.2 Å². The zero-order valence-corrected chi connectivity index (χ0v) is 17.7. The molecule has 3 saturated carbocycles. The molecule has 0 unspecified atom stereocenters. The largest absolute Gasteiger partial charge is 0.393 e. The lowest BCUT2D eigenvalue weighted by atomic mass is 9.50. The van der Waals surface area contributed by atoms with E-state index in [-0.39, 0.29) is 6.10 Å². The summed E-state index contributed by atoms with van der Waals surface area (Å²) in [5, 5.41) is 10.2. The fourth-order valence-corrected chi connectivity index (χ4v) is 7.87. The van der Waals surface area contributed by atoms with Gasteiger partial charge in [0.2, 0.25) is 0 Å². The first-order valence-corrected chi connectivity index (χ1v) is 11.3. The number of fused-ring (bicyclic) bond motifs is 5. The zero-order chi connectivity index (χ0) is 18.7. The fourth-order valence-electron chi connectivity index (χ4n) is 7.87. The average Bonchev–Trinajstić information content (AvgIpc) is 2.92. The molecular weight excluding hydrogens is 316 g/mol. The molecule has 146 valence electrons. The van der Waals surface area contributed by atoms with Gasteiger partial charge in [-0.25, -0.2) is 0 Å². The summed E-state index contributed by atoms with van der Waals surface area (Å²) >= 11 is 0. The van der Waals surface area contributed by atoms with Crippen LogP contribution in [0.25, 0.3) is 0 Å². The van der Waals surface area contributed by atoms with Crippen molar-refractivity contribution in [3.05, 3.63) is 23.3 Å². The minimum absolute atomic E-state index is 0.106. The highest BCUT2D eigenvalue weighted by molar-refractivity contribution is 5.38. The van der Waals surface area contributed by atoms with Crippen molar-refractivity contribution in [2.45, 2.75) is 92.1 Å². The quantitative estimate of drug-likeness (QED) is 0.609. The average molecular weight is 357 g/mol. The highest BCUT2D eigenvalue weighted by Gasteiger charge is 2.56. The summed E-state index contributed by atoms with van der Waals surface area (Å²) in [5.41, 5.74) is 4.18. The molecule has 0 spiro atoms. The van der Waals surface area contributed by atoms with Crippen LogP contribution in [0, 0.1) is 40.4 Å². The van der Waals surface area contributed by atoms with Crippen LogP contribution >= 0.6 is 0 Å². The van der Waals surface area contributed by atoms with Gasteiger partial charge in [0, 0.05) is 0 Å². The van der Waals surface area contributed by atoms with E-state index in [2.05, 4.69) is 46.8 Å². The zero-order valence-electron chi connectivity index (χ0n) is 17.7. The Morgan fingerprint density at radius 3 is 2.50 bits per heavy atom. The number of hydrogen-bond acceptors (Lipinski definition) is 1. The summed E-state index contributed by atoms with van der Waals surface area (Å²) in [6.07, 6.45) is 14.9. The van der Waals surface area contributed by atoms with Gasteiger partial charge >= 0.3 is 0 Å². The Morgan fingerprint density at radius 2 is 1.77 bits per heavy atom. The molecule has 0 saturated heterocycles. The van der Waals surface area contributed by atoms with Crippen LogP contribution in [0.5, 0.6) is 0 Å². The molecule has 0 heterocycles. The van der Waals surface area contributed by atoms with Crippen molar-refractivity contribution in [1.82, 2.24) is 0 Å². The molecule has 26 heavy (non-hydrogen) atoms. The van der Waals surface area contributed by atoms with Gasteiger partial charge in [0.15, 0.2) is 0 Å². The van der Waals surface area contributed by atoms with E-state index in [4.69, 9.17) is 0 Å².